The summed E-state index contributed by atoms with van der Waals surface area (Å²) in [6, 6.07) is 14.0. The summed E-state index contributed by atoms with van der Waals surface area (Å²) in [7, 11) is -3.62. The minimum Gasteiger partial charge on any atom is -0.491 e. The second kappa shape index (κ2) is 7.35. The zero-order valence-electron chi connectivity index (χ0n) is 14.6. The highest BCUT2D eigenvalue weighted by atomic mass is 32.2. The van der Waals surface area contributed by atoms with Crippen LogP contribution in [0.3, 0.4) is 0 Å². The number of hydrogen-bond acceptors (Lipinski definition) is 4. The van der Waals surface area contributed by atoms with Crippen molar-refractivity contribution in [1.82, 2.24) is 0 Å². The third-order valence-corrected chi connectivity index (χ3v) is 5.47. The first-order valence-electron chi connectivity index (χ1n) is 8.58. The van der Waals surface area contributed by atoms with Gasteiger partial charge in [-0.15, -0.1) is 0 Å². The molecule has 0 amide bonds. The van der Waals surface area contributed by atoms with Gasteiger partial charge in [0.25, 0.3) is 10.0 Å². The Hall–Kier alpha value is -2.21. The highest BCUT2D eigenvalue weighted by molar-refractivity contribution is 7.92. The van der Waals surface area contributed by atoms with Crippen LogP contribution in [0.2, 0.25) is 0 Å². The van der Waals surface area contributed by atoms with Crippen LogP contribution in [0.25, 0.3) is 0 Å². The lowest BCUT2D eigenvalue weighted by molar-refractivity contribution is 0.242. The molecule has 0 aliphatic carbocycles. The van der Waals surface area contributed by atoms with Crippen LogP contribution in [0.5, 0.6) is 5.75 Å². The molecule has 134 valence electrons. The number of hydrogen-bond donors (Lipinski definition) is 1. The van der Waals surface area contributed by atoms with Gasteiger partial charge < -0.3 is 9.64 Å². The second-order valence-corrected chi connectivity index (χ2v) is 8.17. The Balaban J connectivity index is 1.76. The van der Waals surface area contributed by atoms with Crippen LogP contribution in [0, 0.1) is 0 Å². The van der Waals surface area contributed by atoms with Crippen LogP contribution >= 0.6 is 0 Å². The minimum absolute atomic E-state index is 0.0499. The number of nitrogens with one attached hydrogen (secondary N) is 1. The monoisotopic (exact) mass is 360 g/mol. The van der Waals surface area contributed by atoms with Crippen LogP contribution in [-0.4, -0.2) is 27.6 Å². The van der Waals surface area contributed by atoms with Gasteiger partial charge in [-0.25, -0.2) is 8.42 Å². The summed E-state index contributed by atoms with van der Waals surface area (Å²) >= 11 is 0. The lowest BCUT2D eigenvalue weighted by Crippen LogP contribution is -2.18. The molecular weight excluding hydrogens is 336 g/mol. The molecular formula is C19H24N2O3S. The Bertz CT molecular complexity index is 811. The number of anilines is 2. The topological polar surface area (TPSA) is 58.6 Å². The SMILES string of the molecule is CC(C)Oc1ccc(S(=O)(=O)Nc2cccc(N3CCCC3)c2)cc1. The Labute approximate surface area is 149 Å². The van der Waals surface area contributed by atoms with E-state index in [-0.39, 0.29) is 11.0 Å². The van der Waals surface area contributed by atoms with Crippen LogP contribution in [0.15, 0.2) is 53.4 Å². The van der Waals surface area contributed by atoms with E-state index in [1.54, 1.807) is 30.3 Å². The predicted molar refractivity (Wildman–Crippen MR) is 101 cm³/mol. The van der Waals surface area contributed by atoms with Crippen LogP contribution in [0.4, 0.5) is 11.4 Å². The number of nitrogens with zero attached hydrogens (tertiary/aromatic N) is 1. The molecule has 5 nitrogen and oxygen atoms in total. The lowest BCUT2D eigenvalue weighted by atomic mass is 10.2. The van der Waals surface area contributed by atoms with Gasteiger partial charge in [-0.3, -0.25) is 4.72 Å². The molecule has 0 radical (unpaired) electrons. The Morgan fingerprint density at radius 1 is 1.04 bits per heavy atom. The van der Waals surface area contributed by atoms with E-state index in [1.807, 2.05) is 32.0 Å². The maximum absolute atomic E-state index is 12.6. The van der Waals surface area contributed by atoms with Gasteiger partial charge in [0.05, 0.1) is 16.7 Å². The summed E-state index contributed by atoms with van der Waals surface area (Å²) in [4.78, 5) is 2.49. The molecule has 3 rings (SSSR count). The van der Waals surface area contributed by atoms with Gasteiger partial charge in [-0.1, -0.05) is 6.07 Å². The predicted octanol–water partition coefficient (Wildman–Crippen LogP) is 3.87. The van der Waals surface area contributed by atoms with E-state index in [2.05, 4.69) is 9.62 Å². The number of sulfonamides is 1. The van der Waals surface area contributed by atoms with Crippen molar-refractivity contribution >= 4 is 21.4 Å². The first kappa shape index (κ1) is 17.6. The quantitative estimate of drug-likeness (QED) is 0.849. The Kier molecular flexibility index (Phi) is 5.18. The molecule has 0 saturated carbocycles. The molecule has 1 heterocycles. The van der Waals surface area contributed by atoms with Crippen molar-refractivity contribution in [1.29, 1.82) is 0 Å². The molecule has 1 fully saturated rings. The van der Waals surface area contributed by atoms with Crippen molar-refractivity contribution in [3.8, 4) is 5.75 Å². The summed E-state index contributed by atoms with van der Waals surface area (Å²) in [5.41, 5.74) is 1.63. The molecule has 0 spiro atoms. The normalized spacial score (nSPS) is 14.8. The van der Waals surface area contributed by atoms with Gasteiger partial charge in [-0.05, 0) is 69.2 Å². The van der Waals surface area contributed by atoms with Gasteiger partial charge >= 0.3 is 0 Å². The van der Waals surface area contributed by atoms with Gasteiger partial charge in [0.15, 0.2) is 0 Å². The van der Waals surface area contributed by atoms with E-state index in [0.29, 0.717) is 11.4 Å². The summed E-state index contributed by atoms with van der Waals surface area (Å²) in [5.74, 6) is 0.657. The molecule has 25 heavy (non-hydrogen) atoms. The molecule has 0 unspecified atom stereocenters. The van der Waals surface area contributed by atoms with E-state index in [0.717, 1.165) is 18.8 Å². The number of ether oxygens (including phenoxy) is 1. The number of rotatable bonds is 6. The van der Waals surface area contributed by atoms with Crippen molar-refractivity contribution in [3.63, 3.8) is 0 Å². The molecule has 1 aliphatic rings. The van der Waals surface area contributed by atoms with E-state index in [4.69, 9.17) is 4.74 Å². The standard InChI is InChI=1S/C19H24N2O3S/c1-15(2)24-18-8-10-19(11-9-18)25(22,23)20-16-6-5-7-17(14-16)21-12-3-4-13-21/h5-11,14-15,20H,3-4,12-13H2,1-2H3. The molecule has 2 aromatic rings. The largest absolute Gasteiger partial charge is 0.491 e. The first-order valence-corrected chi connectivity index (χ1v) is 10.1. The zero-order chi connectivity index (χ0) is 17.9. The number of benzene rings is 2. The van der Waals surface area contributed by atoms with Crippen LogP contribution in [0.1, 0.15) is 26.7 Å². The van der Waals surface area contributed by atoms with E-state index >= 15 is 0 Å². The molecule has 0 aromatic heterocycles. The van der Waals surface area contributed by atoms with Crippen molar-refractivity contribution in [2.24, 2.45) is 0 Å². The van der Waals surface area contributed by atoms with E-state index in [1.165, 1.54) is 12.8 Å². The molecule has 2 aromatic carbocycles. The lowest BCUT2D eigenvalue weighted by Gasteiger charge is -2.18. The second-order valence-electron chi connectivity index (χ2n) is 6.49. The molecule has 1 aliphatic heterocycles. The van der Waals surface area contributed by atoms with E-state index < -0.39 is 10.0 Å². The zero-order valence-corrected chi connectivity index (χ0v) is 15.4. The molecule has 6 heteroatoms. The highest BCUT2D eigenvalue weighted by Gasteiger charge is 2.16. The molecule has 0 bridgehead atoms. The van der Waals surface area contributed by atoms with Gasteiger partial charge in [0, 0.05) is 18.8 Å². The van der Waals surface area contributed by atoms with E-state index in [9.17, 15) is 8.42 Å². The van der Waals surface area contributed by atoms with Gasteiger partial charge in [-0.2, -0.15) is 0 Å². The smallest absolute Gasteiger partial charge is 0.261 e. The summed E-state index contributed by atoms with van der Waals surface area (Å²) in [6.45, 7) is 5.90. The van der Waals surface area contributed by atoms with Crippen molar-refractivity contribution in [2.75, 3.05) is 22.7 Å². The first-order chi connectivity index (χ1) is 11.9. The molecule has 1 saturated heterocycles. The summed E-state index contributed by atoms with van der Waals surface area (Å²) in [5, 5.41) is 0. The average Bonchev–Trinajstić information content (AvgIpc) is 3.09. The minimum atomic E-state index is -3.62. The Morgan fingerprint density at radius 2 is 1.72 bits per heavy atom. The van der Waals surface area contributed by atoms with Crippen LogP contribution < -0.4 is 14.4 Å². The average molecular weight is 360 g/mol. The third kappa shape index (κ3) is 4.45. The van der Waals surface area contributed by atoms with Gasteiger partial charge in [0.1, 0.15) is 5.75 Å². The van der Waals surface area contributed by atoms with Crippen molar-refractivity contribution in [3.05, 3.63) is 48.5 Å². The van der Waals surface area contributed by atoms with Gasteiger partial charge in [0.2, 0.25) is 0 Å². The highest BCUT2D eigenvalue weighted by Crippen LogP contribution is 2.25. The fourth-order valence-corrected chi connectivity index (χ4v) is 3.97. The molecule has 1 N–H and O–H groups in total. The molecule has 0 atom stereocenters. The summed E-state index contributed by atoms with van der Waals surface area (Å²) in [6.07, 6.45) is 2.41. The Morgan fingerprint density at radius 3 is 2.36 bits per heavy atom. The fourth-order valence-electron chi connectivity index (χ4n) is 2.93. The maximum atomic E-state index is 12.6. The third-order valence-electron chi connectivity index (χ3n) is 4.08. The fraction of sp³-hybridized carbons (Fsp3) is 0.368. The maximum Gasteiger partial charge on any atom is 0.261 e. The van der Waals surface area contributed by atoms with Crippen molar-refractivity contribution in [2.45, 2.75) is 37.7 Å². The summed E-state index contributed by atoms with van der Waals surface area (Å²) < 4.78 is 33.4. The van der Waals surface area contributed by atoms with Crippen molar-refractivity contribution < 1.29 is 13.2 Å². The van der Waals surface area contributed by atoms with Crippen LogP contribution in [-0.2, 0) is 10.0 Å².